The number of nitrogens with one attached hydrogen (secondary N) is 1. The van der Waals surface area contributed by atoms with Crippen LogP contribution in [0, 0.1) is 6.92 Å². The maximum absolute atomic E-state index is 13.1. The Labute approximate surface area is 210 Å². The van der Waals surface area contributed by atoms with E-state index in [1.807, 2.05) is 44.2 Å². The van der Waals surface area contributed by atoms with Crippen molar-refractivity contribution in [3.8, 4) is 5.75 Å². The quantitative estimate of drug-likeness (QED) is 0.372. The normalized spacial score (nSPS) is 16.1. The van der Waals surface area contributed by atoms with Gasteiger partial charge in [0.05, 0.1) is 20.2 Å². The highest BCUT2D eigenvalue weighted by Crippen LogP contribution is 2.32. The fourth-order valence-corrected chi connectivity index (χ4v) is 4.87. The summed E-state index contributed by atoms with van der Waals surface area (Å²) in [7, 11) is 1.63. The number of aryl methyl sites for hydroxylation is 1. The molecule has 3 aromatic rings. The molecule has 2 aromatic carbocycles. The average Bonchev–Trinajstić information content (AvgIpc) is 3.14. The first-order valence-corrected chi connectivity index (χ1v) is 12.1. The number of carbonyl (C=O) groups is 3. The number of hydrogen-bond donors (Lipinski definition) is 2. The van der Waals surface area contributed by atoms with Crippen LogP contribution in [0.2, 0.25) is 0 Å². The summed E-state index contributed by atoms with van der Waals surface area (Å²) in [6.45, 7) is 7.28. The van der Waals surface area contributed by atoms with Gasteiger partial charge in [0, 0.05) is 35.2 Å². The number of nitrogens with zero attached hydrogens (tertiary/aromatic N) is 3. The predicted octanol–water partition coefficient (Wildman–Crippen LogP) is 3.09. The number of fused-ring (bicyclic) bond motifs is 1. The Kier molecular flexibility index (Phi) is 7.30. The van der Waals surface area contributed by atoms with Gasteiger partial charge in [-0.2, -0.15) is 0 Å². The van der Waals surface area contributed by atoms with Crippen LogP contribution in [0.15, 0.2) is 42.5 Å². The van der Waals surface area contributed by atoms with Crippen LogP contribution < -0.4 is 10.2 Å². The van der Waals surface area contributed by atoms with Gasteiger partial charge in [-0.05, 0) is 61.7 Å². The molecule has 0 spiro atoms. The van der Waals surface area contributed by atoms with Crippen molar-refractivity contribution in [2.24, 2.45) is 0 Å². The maximum Gasteiger partial charge on any atom is 0.274 e. The van der Waals surface area contributed by atoms with Crippen LogP contribution in [-0.4, -0.2) is 63.5 Å². The Morgan fingerprint density at radius 1 is 1.14 bits per heavy atom. The molecule has 1 atom stereocenters. The van der Waals surface area contributed by atoms with E-state index in [1.165, 1.54) is 0 Å². The van der Waals surface area contributed by atoms with Gasteiger partial charge >= 0.3 is 0 Å². The summed E-state index contributed by atoms with van der Waals surface area (Å²) in [5.74, 6) is 0.0670. The second-order valence-corrected chi connectivity index (χ2v) is 9.14. The minimum absolute atomic E-state index is 0.0313. The molecule has 0 bridgehead atoms. The number of benzene rings is 2. The largest absolute Gasteiger partial charge is 0.497 e. The van der Waals surface area contributed by atoms with Gasteiger partial charge in [-0.3, -0.25) is 19.6 Å². The second kappa shape index (κ2) is 10.4. The standard InChI is InChI=1S/C27H32N4O5/c1-5-12-29-16-25(32)30(18(3)27(29)34)15-24-17(2)22-13-21(36-4)10-11-23(22)31(24)14-19-6-8-20(9-7-19)26(33)28-35/h6-11,13,18,35H,5,12,14-16H2,1-4H3,(H,28,33). The number of methoxy groups -OCH3 is 1. The fourth-order valence-electron chi connectivity index (χ4n) is 4.87. The fraction of sp³-hybridized carbons (Fsp3) is 0.370. The molecule has 0 saturated carbocycles. The molecule has 3 amide bonds. The van der Waals surface area contributed by atoms with Gasteiger partial charge in [0.2, 0.25) is 11.8 Å². The molecule has 1 aliphatic rings. The number of hydroxylamine groups is 1. The Bertz CT molecular complexity index is 1300. The SMILES string of the molecule is CCCN1CC(=O)N(Cc2c(C)c3cc(OC)ccc3n2Cc2ccc(C(=O)NO)cc2)C(C)C1=O. The van der Waals surface area contributed by atoms with E-state index in [9.17, 15) is 14.4 Å². The van der Waals surface area contributed by atoms with Crippen molar-refractivity contribution >= 4 is 28.6 Å². The van der Waals surface area contributed by atoms with Gasteiger partial charge in [-0.25, -0.2) is 5.48 Å². The van der Waals surface area contributed by atoms with E-state index in [-0.39, 0.29) is 18.4 Å². The molecule has 190 valence electrons. The monoisotopic (exact) mass is 492 g/mol. The Morgan fingerprint density at radius 3 is 2.50 bits per heavy atom. The lowest BCUT2D eigenvalue weighted by atomic mass is 10.1. The molecular formula is C27H32N4O5. The minimum atomic E-state index is -0.573. The first kappa shape index (κ1) is 25.2. The molecule has 0 radical (unpaired) electrons. The van der Waals surface area contributed by atoms with E-state index in [0.717, 1.165) is 39.9 Å². The van der Waals surface area contributed by atoms with E-state index in [0.29, 0.717) is 25.2 Å². The van der Waals surface area contributed by atoms with Gasteiger partial charge in [0.25, 0.3) is 5.91 Å². The molecule has 1 aliphatic heterocycles. The number of aromatic nitrogens is 1. The Balaban J connectivity index is 1.73. The topological polar surface area (TPSA) is 104 Å². The lowest BCUT2D eigenvalue weighted by Crippen LogP contribution is -2.58. The summed E-state index contributed by atoms with van der Waals surface area (Å²) < 4.78 is 7.59. The van der Waals surface area contributed by atoms with Crippen LogP contribution in [-0.2, 0) is 22.7 Å². The zero-order valence-corrected chi connectivity index (χ0v) is 21.1. The van der Waals surface area contributed by atoms with E-state index >= 15 is 0 Å². The zero-order chi connectivity index (χ0) is 26.0. The van der Waals surface area contributed by atoms with Crippen LogP contribution >= 0.6 is 0 Å². The van der Waals surface area contributed by atoms with E-state index < -0.39 is 11.9 Å². The molecule has 0 aliphatic carbocycles. The smallest absolute Gasteiger partial charge is 0.274 e. The number of piperazine rings is 1. The number of rotatable bonds is 8. The van der Waals surface area contributed by atoms with Gasteiger partial charge in [-0.15, -0.1) is 0 Å². The number of ether oxygens (including phenoxy) is 1. The Morgan fingerprint density at radius 2 is 1.86 bits per heavy atom. The lowest BCUT2D eigenvalue weighted by molar-refractivity contribution is -0.155. The number of hydrogen-bond acceptors (Lipinski definition) is 5. The van der Waals surface area contributed by atoms with Crippen LogP contribution in [0.5, 0.6) is 5.75 Å². The van der Waals surface area contributed by atoms with Crippen molar-refractivity contribution in [2.45, 2.75) is 46.3 Å². The summed E-state index contributed by atoms with van der Waals surface area (Å²) in [5, 5.41) is 9.89. The molecule has 4 rings (SSSR count). The highest BCUT2D eigenvalue weighted by atomic mass is 16.5. The highest BCUT2D eigenvalue weighted by molar-refractivity contribution is 5.95. The summed E-state index contributed by atoms with van der Waals surface area (Å²) in [4.78, 5) is 41.1. The third-order valence-corrected chi connectivity index (χ3v) is 6.91. The molecule has 36 heavy (non-hydrogen) atoms. The summed E-state index contributed by atoms with van der Waals surface area (Å²) >= 11 is 0. The summed E-state index contributed by atoms with van der Waals surface area (Å²) in [5.41, 5.74) is 5.87. The van der Waals surface area contributed by atoms with Gasteiger partial charge in [-0.1, -0.05) is 19.1 Å². The molecule has 9 nitrogen and oxygen atoms in total. The first-order chi connectivity index (χ1) is 17.3. The van der Waals surface area contributed by atoms with Crippen molar-refractivity contribution < 1.29 is 24.3 Å². The predicted molar refractivity (Wildman–Crippen MR) is 135 cm³/mol. The zero-order valence-electron chi connectivity index (χ0n) is 21.1. The third kappa shape index (κ3) is 4.66. The molecule has 1 fully saturated rings. The van der Waals surface area contributed by atoms with Gasteiger partial charge in [0.15, 0.2) is 0 Å². The number of amides is 3. The van der Waals surface area contributed by atoms with E-state index in [2.05, 4.69) is 4.57 Å². The molecule has 9 heteroatoms. The molecule has 1 unspecified atom stereocenters. The third-order valence-electron chi connectivity index (χ3n) is 6.91. The molecule has 1 saturated heterocycles. The van der Waals surface area contributed by atoms with Crippen molar-refractivity contribution in [1.29, 1.82) is 0 Å². The highest BCUT2D eigenvalue weighted by Gasteiger charge is 2.36. The first-order valence-electron chi connectivity index (χ1n) is 12.1. The maximum atomic E-state index is 13.1. The second-order valence-electron chi connectivity index (χ2n) is 9.14. The van der Waals surface area contributed by atoms with Crippen LogP contribution in [0.4, 0.5) is 0 Å². The van der Waals surface area contributed by atoms with Crippen molar-refractivity contribution in [3.63, 3.8) is 0 Å². The van der Waals surface area contributed by atoms with Gasteiger partial charge in [0.1, 0.15) is 11.8 Å². The van der Waals surface area contributed by atoms with Crippen molar-refractivity contribution in [3.05, 3.63) is 64.8 Å². The number of carbonyl (C=O) groups excluding carboxylic acids is 3. The minimum Gasteiger partial charge on any atom is -0.497 e. The summed E-state index contributed by atoms with van der Waals surface area (Å²) in [6, 6.07) is 12.3. The lowest BCUT2D eigenvalue weighted by Gasteiger charge is -2.39. The van der Waals surface area contributed by atoms with Crippen LogP contribution in [0.3, 0.4) is 0 Å². The molecule has 2 N–H and O–H groups in total. The Hall–Kier alpha value is -3.85. The van der Waals surface area contributed by atoms with Crippen LogP contribution in [0.25, 0.3) is 10.9 Å². The molecular weight excluding hydrogens is 460 g/mol. The van der Waals surface area contributed by atoms with Crippen molar-refractivity contribution in [2.75, 3.05) is 20.2 Å². The molecule has 2 heterocycles. The van der Waals surface area contributed by atoms with Crippen molar-refractivity contribution in [1.82, 2.24) is 19.8 Å². The van der Waals surface area contributed by atoms with E-state index in [1.54, 1.807) is 41.4 Å². The van der Waals surface area contributed by atoms with Crippen LogP contribution in [0.1, 0.15) is 47.4 Å². The molecule has 1 aromatic heterocycles. The summed E-state index contributed by atoms with van der Waals surface area (Å²) in [6.07, 6.45) is 0.805. The van der Waals surface area contributed by atoms with Gasteiger partial charge < -0.3 is 19.1 Å². The average molecular weight is 493 g/mol. The van der Waals surface area contributed by atoms with E-state index in [4.69, 9.17) is 9.94 Å².